The van der Waals surface area contributed by atoms with Crippen LogP contribution in [0.5, 0.6) is 0 Å². The van der Waals surface area contributed by atoms with Gasteiger partial charge in [0.05, 0.1) is 6.42 Å². The van der Waals surface area contributed by atoms with Crippen LogP contribution in [0.3, 0.4) is 0 Å². The van der Waals surface area contributed by atoms with E-state index in [9.17, 15) is 9.59 Å². The van der Waals surface area contributed by atoms with E-state index in [1.54, 1.807) is 0 Å². The maximum Gasteiger partial charge on any atom is 0.143 e. The molecule has 0 saturated heterocycles. The molecule has 0 aromatic heterocycles. The number of unbranched alkanes of at least 4 members (excludes halogenated alkanes) is 3. The predicted molar refractivity (Wildman–Crippen MR) is 51.5 cm³/mol. The zero-order valence-corrected chi connectivity index (χ0v) is 8.34. The molecule has 2 nitrogen and oxygen atoms in total. The standard InChI is InChI=1S/C11H18O2/c1-2-3-4-5-6-9-7-10(12)8-11(9)13/h9H,2-8H2,1H3. The van der Waals surface area contributed by atoms with Gasteiger partial charge < -0.3 is 0 Å². The van der Waals surface area contributed by atoms with Crippen molar-refractivity contribution in [2.45, 2.75) is 51.9 Å². The highest BCUT2D eigenvalue weighted by Crippen LogP contribution is 2.23. The third-order valence-electron chi connectivity index (χ3n) is 2.71. The van der Waals surface area contributed by atoms with Gasteiger partial charge in [0.25, 0.3) is 0 Å². The predicted octanol–water partition coefficient (Wildman–Crippen LogP) is 2.51. The molecule has 1 atom stereocenters. The Morgan fingerprint density at radius 2 is 2.00 bits per heavy atom. The molecular formula is C11H18O2. The largest absolute Gasteiger partial charge is 0.299 e. The monoisotopic (exact) mass is 182 g/mol. The number of Topliss-reactive ketones (excluding diaryl/α,β-unsaturated/α-hetero) is 2. The van der Waals surface area contributed by atoms with Crippen LogP contribution in [0.1, 0.15) is 51.9 Å². The van der Waals surface area contributed by atoms with Crippen molar-refractivity contribution < 1.29 is 9.59 Å². The van der Waals surface area contributed by atoms with Gasteiger partial charge in [-0.25, -0.2) is 0 Å². The zero-order valence-electron chi connectivity index (χ0n) is 8.34. The van der Waals surface area contributed by atoms with E-state index in [2.05, 4.69) is 6.92 Å². The molecule has 0 radical (unpaired) electrons. The van der Waals surface area contributed by atoms with E-state index in [4.69, 9.17) is 0 Å². The van der Waals surface area contributed by atoms with Gasteiger partial charge in [0.15, 0.2) is 0 Å². The van der Waals surface area contributed by atoms with E-state index in [1.807, 2.05) is 0 Å². The molecule has 0 bridgehead atoms. The van der Waals surface area contributed by atoms with Gasteiger partial charge in [0, 0.05) is 12.3 Å². The molecule has 1 unspecified atom stereocenters. The number of rotatable bonds is 5. The Bertz CT molecular complexity index is 196. The fourth-order valence-electron chi connectivity index (χ4n) is 1.88. The van der Waals surface area contributed by atoms with Crippen molar-refractivity contribution in [3.8, 4) is 0 Å². The lowest BCUT2D eigenvalue weighted by Gasteiger charge is -2.05. The van der Waals surface area contributed by atoms with Gasteiger partial charge in [0.1, 0.15) is 11.6 Å². The second-order valence-electron chi connectivity index (χ2n) is 3.93. The summed E-state index contributed by atoms with van der Waals surface area (Å²) in [5.41, 5.74) is 0. The van der Waals surface area contributed by atoms with E-state index < -0.39 is 0 Å². The molecule has 0 amide bonds. The molecule has 0 aromatic carbocycles. The lowest BCUT2D eigenvalue weighted by Crippen LogP contribution is -2.05. The summed E-state index contributed by atoms with van der Waals surface area (Å²) in [6, 6.07) is 0. The van der Waals surface area contributed by atoms with Crippen LogP contribution < -0.4 is 0 Å². The summed E-state index contributed by atoms with van der Waals surface area (Å²) >= 11 is 0. The van der Waals surface area contributed by atoms with Crippen LogP contribution in [0.15, 0.2) is 0 Å². The highest BCUT2D eigenvalue weighted by Gasteiger charge is 2.29. The highest BCUT2D eigenvalue weighted by atomic mass is 16.2. The first-order chi connectivity index (χ1) is 6.24. The Hall–Kier alpha value is -0.660. The Labute approximate surface area is 79.7 Å². The van der Waals surface area contributed by atoms with Gasteiger partial charge in [0.2, 0.25) is 0 Å². The SMILES string of the molecule is CCCCCCC1CC(=O)CC1=O. The molecule has 13 heavy (non-hydrogen) atoms. The molecule has 1 saturated carbocycles. The fraction of sp³-hybridized carbons (Fsp3) is 0.818. The average Bonchev–Trinajstić information content (AvgIpc) is 2.39. The van der Waals surface area contributed by atoms with Crippen molar-refractivity contribution in [2.24, 2.45) is 5.92 Å². The van der Waals surface area contributed by atoms with Crippen LogP contribution in [0.25, 0.3) is 0 Å². The number of carbonyl (C=O) groups excluding carboxylic acids is 2. The zero-order chi connectivity index (χ0) is 9.68. The third kappa shape index (κ3) is 3.29. The summed E-state index contributed by atoms with van der Waals surface area (Å²) in [5, 5.41) is 0. The molecule has 0 aromatic rings. The Morgan fingerprint density at radius 3 is 2.54 bits per heavy atom. The Balaban J connectivity index is 2.14. The normalized spacial score (nSPS) is 22.7. The van der Waals surface area contributed by atoms with E-state index >= 15 is 0 Å². The average molecular weight is 182 g/mol. The smallest absolute Gasteiger partial charge is 0.143 e. The van der Waals surface area contributed by atoms with E-state index in [0.717, 1.165) is 12.8 Å². The van der Waals surface area contributed by atoms with Crippen molar-refractivity contribution in [1.29, 1.82) is 0 Å². The minimum absolute atomic E-state index is 0.0735. The first-order valence-corrected chi connectivity index (χ1v) is 5.28. The summed E-state index contributed by atoms with van der Waals surface area (Å²) < 4.78 is 0. The van der Waals surface area contributed by atoms with Gasteiger partial charge in [-0.1, -0.05) is 32.6 Å². The van der Waals surface area contributed by atoms with Crippen molar-refractivity contribution in [1.82, 2.24) is 0 Å². The minimum atomic E-state index is 0.0735. The van der Waals surface area contributed by atoms with Crippen LogP contribution in [0.2, 0.25) is 0 Å². The van der Waals surface area contributed by atoms with Crippen LogP contribution in [-0.2, 0) is 9.59 Å². The second kappa shape index (κ2) is 5.15. The minimum Gasteiger partial charge on any atom is -0.299 e. The Morgan fingerprint density at radius 1 is 1.23 bits per heavy atom. The number of hydrogen-bond acceptors (Lipinski definition) is 2. The highest BCUT2D eigenvalue weighted by molar-refractivity contribution is 6.06. The van der Waals surface area contributed by atoms with E-state index in [-0.39, 0.29) is 23.9 Å². The molecule has 0 aliphatic heterocycles. The molecule has 2 heteroatoms. The molecular weight excluding hydrogens is 164 g/mol. The molecule has 0 spiro atoms. The molecule has 1 aliphatic carbocycles. The topological polar surface area (TPSA) is 34.1 Å². The molecule has 1 aliphatic rings. The van der Waals surface area contributed by atoms with Gasteiger partial charge in [-0.3, -0.25) is 9.59 Å². The van der Waals surface area contributed by atoms with Gasteiger partial charge in [-0.05, 0) is 6.42 Å². The van der Waals surface area contributed by atoms with Crippen LogP contribution in [0.4, 0.5) is 0 Å². The first kappa shape index (κ1) is 10.4. The summed E-state index contributed by atoms with van der Waals surface area (Å²) in [6.45, 7) is 2.17. The third-order valence-corrected chi connectivity index (χ3v) is 2.71. The first-order valence-electron chi connectivity index (χ1n) is 5.28. The molecule has 0 heterocycles. The van der Waals surface area contributed by atoms with Crippen LogP contribution >= 0.6 is 0 Å². The molecule has 1 fully saturated rings. The van der Waals surface area contributed by atoms with E-state index in [0.29, 0.717) is 6.42 Å². The van der Waals surface area contributed by atoms with Gasteiger partial charge in [-0.2, -0.15) is 0 Å². The maximum absolute atomic E-state index is 11.2. The number of ketones is 2. The quantitative estimate of drug-likeness (QED) is 0.483. The fourth-order valence-corrected chi connectivity index (χ4v) is 1.88. The van der Waals surface area contributed by atoms with Crippen LogP contribution in [-0.4, -0.2) is 11.6 Å². The van der Waals surface area contributed by atoms with E-state index in [1.165, 1.54) is 19.3 Å². The van der Waals surface area contributed by atoms with Gasteiger partial charge >= 0.3 is 0 Å². The number of hydrogen-bond donors (Lipinski definition) is 0. The number of carbonyl (C=O) groups is 2. The Kier molecular flexibility index (Phi) is 4.13. The summed E-state index contributed by atoms with van der Waals surface area (Å²) in [4.78, 5) is 22.2. The summed E-state index contributed by atoms with van der Waals surface area (Å²) in [5.74, 6) is 0.399. The second-order valence-corrected chi connectivity index (χ2v) is 3.93. The van der Waals surface area contributed by atoms with Crippen molar-refractivity contribution in [2.75, 3.05) is 0 Å². The van der Waals surface area contributed by atoms with Crippen molar-refractivity contribution >= 4 is 11.6 Å². The molecule has 74 valence electrons. The van der Waals surface area contributed by atoms with Crippen molar-refractivity contribution in [3.63, 3.8) is 0 Å². The maximum atomic E-state index is 11.2. The molecule has 1 rings (SSSR count). The van der Waals surface area contributed by atoms with Crippen LogP contribution in [0, 0.1) is 5.92 Å². The summed E-state index contributed by atoms with van der Waals surface area (Å²) in [6.07, 6.45) is 6.44. The molecule has 0 N–H and O–H groups in total. The lowest BCUT2D eigenvalue weighted by molar-refractivity contribution is -0.122. The van der Waals surface area contributed by atoms with Gasteiger partial charge in [-0.15, -0.1) is 0 Å². The van der Waals surface area contributed by atoms with Crippen molar-refractivity contribution in [3.05, 3.63) is 0 Å². The lowest BCUT2D eigenvalue weighted by atomic mass is 9.99. The summed E-state index contributed by atoms with van der Waals surface area (Å²) in [7, 11) is 0.